The van der Waals surface area contributed by atoms with Crippen LogP contribution < -0.4 is 5.32 Å². The Morgan fingerprint density at radius 1 is 1.40 bits per heavy atom. The second-order valence-corrected chi connectivity index (χ2v) is 4.50. The van der Waals surface area contributed by atoms with E-state index in [1.165, 1.54) is 19.3 Å². The summed E-state index contributed by atoms with van der Waals surface area (Å²) in [5.41, 5.74) is 0.00910. The van der Waals surface area contributed by atoms with E-state index >= 15 is 0 Å². The Bertz CT molecular complexity index is 185. The van der Waals surface area contributed by atoms with E-state index < -0.39 is 0 Å². The minimum atomic E-state index is 0.00910. The molecule has 1 aliphatic carbocycles. The van der Waals surface area contributed by atoms with Gasteiger partial charge >= 0.3 is 0 Å². The van der Waals surface area contributed by atoms with E-state index in [1.807, 2.05) is 13.2 Å². The molecular weight excluding hydrogens is 186 g/mol. The van der Waals surface area contributed by atoms with E-state index in [9.17, 15) is 0 Å². The molecule has 0 saturated heterocycles. The summed E-state index contributed by atoms with van der Waals surface area (Å²) in [6, 6.07) is 0.308. The van der Waals surface area contributed by atoms with Crippen LogP contribution in [0.1, 0.15) is 45.4 Å². The minimum Gasteiger partial charge on any atom is -0.376 e. The van der Waals surface area contributed by atoms with E-state index in [2.05, 4.69) is 18.8 Å². The number of nitrogens with one attached hydrogen (secondary N) is 1. The smallest absolute Gasteiger partial charge is 0.0866 e. The first kappa shape index (κ1) is 12.7. The molecule has 1 saturated carbocycles. The highest BCUT2D eigenvalue weighted by Crippen LogP contribution is 2.34. The summed E-state index contributed by atoms with van der Waals surface area (Å²) < 4.78 is 5.80. The van der Waals surface area contributed by atoms with Crippen molar-refractivity contribution in [1.82, 2.24) is 5.32 Å². The predicted molar refractivity (Wildman–Crippen MR) is 65.1 cm³/mol. The van der Waals surface area contributed by atoms with Crippen LogP contribution in [0.3, 0.4) is 0 Å². The third-order valence-corrected chi connectivity index (χ3v) is 3.52. The SMILES string of the molecule is C=CC(NCCC)C1(OC)CCCCC1. The van der Waals surface area contributed by atoms with Crippen molar-refractivity contribution >= 4 is 0 Å². The molecule has 88 valence electrons. The maximum Gasteiger partial charge on any atom is 0.0866 e. The zero-order chi connectivity index (χ0) is 11.1. The molecular formula is C13H25NO. The normalized spacial score (nSPS) is 22.3. The van der Waals surface area contributed by atoms with Crippen LogP contribution in [0, 0.1) is 0 Å². The van der Waals surface area contributed by atoms with Crippen molar-refractivity contribution in [3.63, 3.8) is 0 Å². The fraction of sp³-hybridized carbons (Fsp3) is 0.846. The molecule has 2 heteroatoms. The fourth-order valence-electron chi connectivity index (χ4n) is 2.58. The average molecular weight is 211 g/mol. The lowest BCUT2D eigenvalue weighted by Gasteiger charge is -2.41. The number of ether oxygens (including phenoxy) is 1. The van der Waals surface area contributed by atoms with Crippen LogP contribution in [-0.4, -0.2) is 25.3 Å². The van der Waals surface area contributed by atoms with Crippen LogP contribution in [-0.2, 0) is 4.74 Å². The number of hydrogen-bond acceptors (Lipinski definition) is 2. The van der Waals surface area contributed by atoms with Gasteiger partial charge < -0.3 is 10.1 Å². The van der Waals surface area contributed by atoms with Gasteiger partial charge in [0.25, 0.3) is 0 Å². The summed E-state index contributed by atoms with van der Waals surface area (Å²) in [6.07, 6.45) is 9.42. The molecule has 15 heavy (non-hydrogen) atoms. The van der Waals surface area contributed by atoms with Crippen LogP contribution >= 0.6 is 0 Å². The van der Waals surface area contributed by atoms with Crippen LogP contribution in [0.2, 0.25) is 0 Å². The van der Waals surface area contributed by atoms with Gasteiger partial charge in [-0.05, 0) is 25.8 Å². The van der Waals surface area contributed by atoms with E-state index in [4.69, 9.17) is 4.74 Å². The second kappa shape index (κ2) is 6.29. The van der Waals surface area contributed by atoms with Gasteiger partial charge in [0.05, 0.1) is 11.6 Å². The summed E-state index contributed by atoms with van der Waals surface area (Å²) in [6.45, 7) is 7.17. The first-order valence-corrected chi connectivity index (χ1v) is 6.20. The standard InChI is InChI=1S/C13H25NO/c1-4-11-14-12(5-2)13(15-3)9-7-6-8-10-13/h5,12,14H,2,4,6-11H2,1,3H3. The molecule has 0 aromatic rings. The zero-order valence-electron chi connectivity index (χ0n) is 10.2. The number of hydrogen-bond donors (Lipinski definition) is 1. The molecule has 0 spiro atoms. The van der Waals surface area contributed by atoms with Gasteiger partial charge in [0.15, 0.2) is 0 Å². The van der Waals surface area contributed by atoms with Crippen molar-refractivity contribution in [1.29, 1.82) is 0 Å². The maximum atomic E-state index is 5.80. The van der Waals surface area contributed by atoms with Crippen LogP contribution in [0.5, 0.6) is 0 Å². The van der Waals surface area contributed by atoms with E-state index in [0.717, 1.165) is 25.8 Å². The van der Waals surface area contributed by atoms with E-state index in [1.54, 1.807) is 0 Å². The van der Waals surface area contributed by atoms with Gasteiger partial charge in [-0.15, -0.1) is 6.58 Å². The maximum absolute atomic E-state index is 5.80. The first-order chi connectivity index (χ1) is 7.29. The summed E-state index contributed by atoms with van der Waals surface area (Å²) in [7, 11) is 1.84. The highest BCUT2D eigenvalue weighted by atomic mass is 16.5. The Labute approximate surface area is 94.1 Å². The van der Waals surface area contributed by atoms with Gasteiger partial charge in [-0.25, -0.2) is 0 Å². The molecule has 0 aliphatic heterocycles. The summed E-state index contributed by atoms with van der Waals surface area (Å²) in [4.78, 5) is 0. The molecule has 0 amide bonds. The van der Waals surface area contributed by atoms with Crippen LogP contribution in [0.15, 0.2) is 12.7 Å². The molecule has 0 heterocycles. The van der Waals surface area contributed by atoms with Crippen molar-refractivity contribution < 1.29 is 4.74 Å². The van der Waals surface area contributed by atoms with Gasteiger partial charge in [0, 0.05) is 7.11 Å². The molecule has 1 rings (SSSR count). The summed E-state index contributed by atoms with van der Waals surface area (Å²) in [5.74, 6) is 0. The molecule has 0 radical (unpaired) electrons. The minimum absolute atomic E-state index is 0.00910. The van der Waals surface area contributed by atoms with Gasteiger partial charge in [0.1, 0.15) is 0 Å². The molecule has 1 atom stereocenters. The third-order valence-electron chi connectivity index (χ3n) is 3.52. The Hall–Kier alpha value is -0.340. The lowest BCUT2D eigenvalue weighted by molar-refractivity contribution is -0.0558. The summed E-state index contributed by atoms with van der Waals surface area (Å²) >= 11 is 0. The summed E-state index contributed by atoms with van der Waals surface area (Å²) in [5, 5.41) is 3.54. The topological polar surface area (TPSA) is 21.3 Å². The lowest BCUT2D eigenvalue weighted by atomic mass is 9.79. The molecule has 0 aromatic heterocycles. The Morgan fingerprint density at radius 3 is 2.53 bits per heavy atom. The Kier molecular flexibility index (Phi) is 5.34. The molecule has 1 fully saturated rings. The van der Waals surface area contributed by atoms with Crippen molar-refractivity contribution in [2.45, 2.75) is 57.1 Å². The predicted octanol–water partition coefficient (Wildman–Crippen LogP) is 2.89. The van der Waals surface area contributed by atoms with Gasteiger partial charge in [0.2, 0.25) is 0 Å². The van der Waals surface area contributed by atoms with E-state index in [-0.39, 0.29) is 5.60 Å². The molecule has 0 aromatic carbocycles. The quantitative estimate of drug-likeness (QED) is 0.682. The van der Waals surface area contributed by atoms with Crippen molar-refractivity contribution in [3.05, 3.63) is 12.7 Å². The van der Waals surface area contributed by atoms with Crippen LogP contribution in [0.25, 0.3) is 0 Å². The van der Waals surface area contributed by atoms with E-state index in [0.29, 0.717) is 6.04 Å². The lowest BCUT2D eigenvalue weighted by Crippen LogP contribution is -2.52. The number of rotatable bonds is 6. The van der Waals surface area contributed by atoms with Crippen molar-refractivity contribution in [2.75, 3.05) is 13.7 Å². The van der Waals surface area contributed by atoms with Gasteiger partial charge in [-0.3, -0.25) is 0 Å². The molecule has 1 aliphatic rings. The molecule has 1 N–H and O–H groups in total. The average Bonchev–Trinajstić information content (AvgIpc) is 2.31. The van der Waals surface area contributed by atoms with Crippen molar-refractivity contribution in [2.24, 2.45) is 0 Å². The van der Waals surface area contributed by atoms with Gasteiger partial charge in [-0.1, -0.05) is 32.3 Å². The molecule has 0 bridgehead atoms. The second-order valence-electron chi connectivity index (χ2n) is 4.50. The fourth-order valence-corrected chi connectivity index (χ4v) is 2.58. The highest BCUT2D eigenvalue weighted by Gasteiger charge is 2.37. The monoisotopic (exact) mass is 211 g/mol. The Morgan fingerprint density at radius 2 is 2.07 bits per heavy atom. The zero-order valence-corrected chi connectivity index (χ0v) is 10.2. The first-order valence-electron chi connectivity index (χ1n) is 6.20. The molecule has 1 unspecified atom stereocenters. The number of methoxy groups -OCH3 is 1. The van der Waals surface area contributed by atoms with Crippen molar-refractivity contribution in [3.8, 4) is 0 Å². The third kappa shape index (κ3) is 3.05. The Balaban J connectivity index is 2.62. The van der Waals surface area contributed by atoms with Crippen LogP contribution in [0.4, 0.5) is 0 Å². The molecule has 2 nitrogen and oxygen atoms in total. The highest BCUT2D eigenvalue weighted by molar-refractivity contribution is 5.03. The van der Waals surface area contributed by atoms with Gasteiger partial charge in [-0.2, -0.15) is 0 Å². The largest absolute Gasteiger partial charge is 0.376 e.